The molecule has 0 aromatic carbocycles. The van der Waals surface area contributed by atoms with Crippen LogP contribution in [0.3, 0.4) is 0 Å². The standard InChI is InChI=1S/C8H20N2O3S/c1-8(2,11)7-10(3)6-5-9-14(4,12)13/h9,11H,5-7H2,1-4H3. The van der Waals surface area contributed by atoms with E-state index in [2.05, 4.69) is 4.72 Å². The Labute approximate surface area is 86.2 Å². The van der Waals surface area contributed by atoms with Crippen molar-refractivity contribution >= 4 is 10.0 Å². The minimum absolute atomic E-state index is 0.366. The van der Waals surface area contributed by atoms with Gasteiger partial charge >= 0.3 is 0 Å². The predicted octanol–water partition coefficient (Wildman–Crippen LogP) is -0.762. The lowest BCUT2D eigenvalue weighted by atomic mass is 10.1. The average molecular weight is 224 g/mol. The fourth-order valence-electron chi connectivity index (χ4n) is 1.16. The minimum Gasteiger partial charge on any atom is -0.389 e. The van der Waals surface area contributed by atoms with Gasteiger partial charge in [0.1, 0.15) is 0 Å². The topological polar surface area (TPSA) is 69.6 Å². The number of hydrogen-bond donors (Lipinski definition) is 2. The molecule has 0 heterocycles. The lowest BCUT2D eigenvalue weighted by molar-refractivity contribution is 0.0453. The Morgan fingerprint density at radius 2 is 1.93 bits per heavy atom. The number of sulfonamides is 1. The van der Waals surface area contributed by atoms with E-state index in [1.807, 2.05) is 11.9 Å². The third-order valence-electron chi connectivity index (χ3n) is 1.51. The lowest BCUT2D eigenvalue weighted by Crippen LogP contribution is -2.40. The average Bonchev–Trinajstić information content (AvgIpc) is 1.78. The number of likely N-dealkylation sites (N-methyl/N-ethyl adjacent to an activating group) is 1. The maximum absolute atomic E-state index is 10.7. The molecule has 0 aliphatic heterocycles. The van der Waals surface area contributed by atoms with Crippen LogP contribution in [0.1, 0.15) is 13.8 Å². The van der Waals surface area contributed by atoms with Crippen LogP contribution in [0.5, 0.6) is 0 Å². The number of rotatable bonds is 6. The summed E-state index contributed by atoms with van der Waals surface area (Å²) in [4.78, 5) is 1.87. The molecule has 0 bridgehead atoms. The molecule has 6 heteroatoms. The number of hydrogen-bond acceptors (Lipinski definition) is 4. The van der Waals surface area contributed by atoms with E-state index in [-0.39, 0.29) is 0 Å². The van der Waals surface area contributed by atoms with E-state index in [1.54, 1.807) is 13.8 Å². The fourth-order valence-corrected chi connectivity index (χ4v) is 1.62. The van der Waals surface area contributed by atoms with Crippen molar-refractivity contribution < 1.29 is 13.5 Å². The first-order valence-corrected chi connectivity index (χ1v) is 6.35. The van der Waals surface area contributed by atoms with Crippen molar-refractivity contribution in [2.75, 3.05) is 32.9 Å². The van der Waals surface area contributed by atoms with Crippen molar-refractivity contribution in [3.8, 4) is 0 Å². The summed E-state index contributed by atoms with van der Waals surface area (Å²) in [6.45, 7) is 4.89. The summed E-state index contributed by atoms with van der Waals surface area (Å²) in [5.41, 5.74) is -0.750. The van der Waals surface area contributed by atoms with Crippen molar-refractivity contribution in [3.05, 3.63) is 0 Å². The first kappa shape index (κ1) is 13.8. The van der Waals surface area contributed by atoms with Gasteiger partial charge in [-0.1, -0.05) is 0 Å². The van der Waals surface area contributed by atoms with Gasteiger partial charge in [-0.25, -0.2) is 13.1 Å². The van der Waals surface area contributed by atoms with Crippen molar-refractivity contribution in [1.29, 1.82) is 0 Å². The zero-order chi connectivity index (χ0) is 11.4. The Morgan fingerprint density at radius 3 is 2.29 bits per heavy atom. The summed E-state index contributed by atoms with van der Waals surface area (Å²) in [6, 6.07) is 0. The van der Waals surface area contributed by atoms with Gasteiger partial charge in [-0.2, -0.15) is 0 Å². The molecule has 0 fully saturated rings. The van der Waals surface area contributed by atoms with Gasteiger partial charge < -0.3 is 10.0 Å². The Bertz CT molecular complexity index is 256. The molecule has 0 aliphatic rings. The monoisotopic (exact) mass is 224 g/mol. The molecule has 0 atom stereocenters. The van der Waals surface area contributed by atoms with Crippen LogP contribution in [0, 0.1) is 0 Å². The normalized spacial score (nSPS) is 13.6. The second-order valence-corrected chi connectivity index (χ2v) is 6.05. The van der Waals surface area contributed by atoms with Gasteiger partial charge in [-0.05, 0) is 20.9 Å². The minimum atomic E-state index is -3.10. The number of nitrogens with zero attached hydrogens (tertiary/aromatic N) is 1. The maximum atomic E-state index is 10.7. The van der Waals surface area contributed by atoms with Gasteiger partial charge in [0.25, 0.3) is 0 Å². The van der Waals surface area contributed by atoms with Gasteiger partial charge in [0.05, 0.1) is 11.9 Å². The molecule has 0 aliphatic carbocycles. The molecular weight excluding hydrogens is 204 g/mol. The summed E-state index contributed by atoms with van der Waals surface area (Å²) < 4.78 is 23.8. The van der Waals surface area contributed by atoms with E-state index in [9.17, 15) is 13.5 Å². The van der Waals surface area contributed by atoms with Crippen molar-refractivity contribution in [3.63, 3.8) is 0 Å². The van der Waals surface area contributed by atoms with Gasteiger partial charge in [0, 0.05) is 19.6 Å². The molecule has 0 saturated carbocycles. The molecule has 0 aromatic heterocycles. The molecule has 5 nitrogen and oxygen atoms in total. The summed E-state index contributed by atoms with van der Waals surface area (Å²) >= 11 is 0. The van der Waals surface area contributed by atoms with Gasteiger partial charge in [-0.3, -0.25) is 0 Å². The molecule has 86 valence electrons. The van der Waals surface area contributed by atoms with E-state index in [0.717, 1.165) is 6.26 Å². The van der Waals surface area contributed by atoms with Crippen molar-refractivity contribution in [2.45, 2.75) is 19.4 Å². The van der Waals surface area contributed by atoms with Crippen molar-refractivity contribution in [1.82, 2.24) is 9.62 Å². The first-order chi connectivity index (χ1) is 6.10. The summed E-state index contributed by atoms with van der Waals surface area (Å²) in [5, 5.41) is 9.47. The molecule has 14 heavy (non-hydrogen) atoms. The third kappa shape index (κ3) is 9.91. The third-order valence-corrected chi connectivity index (χ3v) is 2.24. The molecule has 0 saturated heterocycles. The predicted molar refractivity (Wildman–Crippen MR) is 56.6 cm³/mol. The highest BCUT2D eigenvalue weighted by Crippen LogP contribution is 2.01. The summed E-state index contributed by atoms with van der Waals surface area (Å²) in [6.07, 6.45) is 1.13. The van der Waals surface area contributed by atoms with Crippen LogP contribution in [-0.4, -0.2) is 57.0 Å². The Kier molecular flexibility index (Phi) is 5.00. The van der Waals surface area contributed by atoms with Crippen LogP contribution in [0.25, 0.3) is 0 Å². The highest BCUT2D eigenvalue weighted by molar-refractivity contribution is 7.88. The molecule has 0 rings (SSSR count). The quantitative estimate of drug-likeness (QED) is 0.622. The van der Waals surface area contributed by atoms with E-state index in [0.29, 0.717) is 19.6 Å². The first-order valence-electron chi connectivity index (χ1n) is 4.46. The fraction of sp³-hybridized carbons (Fsp3) is 1.00. The van der Waals surface area contributed by atoms with E-state index in [4.69, 9.17) is 0 Å². The van der Waals surface area contributed by atoms with E-state index in [1.165, 1.54) is 0 Å². The van der Waals surface area contributed by atoms with Crippen LogP contribution in [-0.2, 0) is 10.0 Å². The Balaban J connectivity index is 3.71. The van der Waals surface area contributed by atoms with Gasteiger partial charge in [0.2, 0.25) is 10.0 Å². The van der Waals surface area contributed by atoms with Crippen LogP contribution < -0.4 is 4.72 Å². The van der Waals surface area contributed by atoms with E-state index < -0.39 is 15.6 Å². The molecule has 0 unspecified atom stereocenters. The van der Waals surface area contributed by atoms with Gasteiger partial charge in [-0.15, -0.1) is 0 Å². The molecule has 0 amide bonds. The summed E-state index contributed by atoms with van der Waals surface area (Å²) in [7, 11) is -1.27. The Morgan fingerprint density at radius 1 is 1.43 bits per heavy atom. The molecule has 0 aromatic rings. The summed E-state index contributed by atoms with van der Waals surface area (Å²) in [5.74, 6) is 0. The molecule has 0 radical (unpaired) electrons. The maximum Gasteiger partial charge on any atom is 0.208 e. The van der Waals surface area contributed by atoms with Crippen molar-refractivity contribution in [2.24, 2.45) is 0 Å². The second-order valence-electron chi connectivity index (χ2n) is 4.22. The van der Waals surface area contributed by atoms with Crippen LogP contribution in [0.4, 0.5) is 0 Å². The Hall–Kier alpha value is -0.170. The van der Waals surface area contributed by atoms with Crippen LogP contribution >= 0.6 is 0 Å². The molecular formula is C8H20N2O3S. The molecule has 0 spiro atoms. The largest absolute Gasteiger partial charge is 0.389 e. The van der Waals surface area contributed by atoms with Gasteiger partial charge in [0.15, 0.2) is 0 Å². The second kappa shape index (κ2) is 5.06. The van der Waals surface area contributed by atoms with E-state index >= 15 is 0 Å². The molecule has 2 N–H and O–H groups in total. The van der Waals surface area contributed by atoms with Crippen LogP contribution in [0.2, 0.25) is 0 Å². The highest BCUT2D eigenvalue weighted by Gasteiger charge is 2.15. The van der Waals surface area contributed by atoms with Crippen LogP contribution in [0.15, 0.2) is 0 Å². The number of nitrogens with one attached hydrogen (secondary N) is 1. The smallest absolute Gasteiger partial charge is 0.208 e. The highest BCUT2D eigenvalue weighted by atomic mass is 32.2. The zero-order valence-electron chi connectivity index (χ0n) is 9.24. The lowest BCUT2D eigenvalue weighted by Gasteiger charge is -2.25. The number of aliphatic hydroxyl groups is 1. The SMILES string of the molecule is CN(CCNS(C)(=O)=O)CC(C)(C)O. The zero-order valence-corrected chi connectivity index (χ0v) is 10.1.